The Labute approximate surface area is 228 Å². The van der Waals surface area contributed by atoms with Crippen molar-refractivity contribution in [3.8, 4) is 0 Å². The maximum Gasteiger partial charge on any atom is 0.338 e. The van der Waals surface area contributed by atoms with E-state index in [2.05, 4.69) is 5.32 Å². The molecule has 1 heterocycles. The van der Waals surface area contributed by atoms with Gasteiger partial charge in [-0.05, 0) is 67.6 Å². The van der Waals surface area contributed by atoms with Gasteiger partial charge < -0.3 is 14.8 Å². The molecule has 6 atom stereocenters. The van der Waals surface area contributed by atoms with Crippen molar-refractivity contribution in [2.45, 2.75) is 24.1 Å². The number of ether oxygens (including phenoxy) is 2. The van der Waals surface area contributed by atoms with Crippen LogP contribution in [0.2, 0.25) is 0 Å². The van der Waals surface area contributed by atoms with Gasteiger partial charge in [0.25, 0.3) is 5.91 Å². The van der Waals surface area contributed by atoms with Gasteiger partial charge in [-0.15, -0.1) is 23.2 Å². The fourth-order valence-corrected chi connectivity index (χ4v) is 6.58. The summed E-state index contributed by atoms with van der Waals surface area (Å²) < 4.78 is 10.0. The number of hydrogen-bond donors (Lipinski definition) is 1. The standard InChI is InChI=1S/C27H24Cl2N2O7/c1-2-37-26(35)13-6-8-15(9-7-13)30-19(32)12-38-27(36)14-4-3-5-16(10-14)31-24(33)20-17-11-18(21(20)25(31)34)23(29)22(17)28/h3-10,17-18,20-23H,2,11-12H2,1H3,(H,30,32)/t17-,18-,20-,21+,22+,23+/m1/s1. The average Bonchev–Trinajstić information content (AvgIpc) is 3.52. The monoisotopic (exact) mass is 558 g/mol. The predicted octanol–water partition coefficient (Wildman–Crippen LogP) is 3.63. The quantitative estimate of drug-likeness (QED) is 0.313. The Morgan fingerprint density at radius 1 is 0.895 bits per heavy atom. The Morgan fingerprint density at radius 3 is 2.11 bits per heavy atom. The first-order chi connectivity index (χ1) is 18.2. The highest BCUT2D eigenvalue weighted by atomic mass is 35.5. The molecular formula is C27H24Cl2N2O7. The van der Waals surface area contributed by atoms with Crippen LogP contribution in [0.15, 0.2) is 48.5 Å². The fraction of sp³-hybridized carbons (Fsp3) is 0.370. The molecule has 198 valence electrons. The molecule has 38 heavy (non-hydrogen) atoms. The summed E-state index contributed by atoms with van der Waals surface area (Å²) >= 11 is 12.8. The van der Waals surface area contributed by atoms with Crippen LogP contribution in [-0.4, -0.2) is 53.6 Å². The van der Waals surface area contributed by atoms with Gasteiger partial charge in [-0.2, -0.15) is 0 Å². The summed E-state index contributed by atoms with van der Waals surface area (Å²) in [6, 6.07) is 12.0. The summed E-state index contributed by atoms with van der Waals surface area (Å²) in [5, 5.41) is 1.85. The van der Waals surface area contributed by atoms with E-state index in [0.717, 1.165) is 4.90 Å². The Hall–Kier alpha value is -3.43. The van der Waals surface area contributed by atoms with Crippen LogP contribution < -0.4 is 10.2 Å². The SMILES string of the molecule is CCOC(=O)c1ccc(NC(=O)COC(=O)c2cccc(N3C(=O)[C@@H]4[C@H]5C[C@@H]([C@H](Cl)[C@H]5Cl)[C@@H]4C3=O)c2)cc1. The van der Waals surface area contributed by atoms with Crippen molar-refractivity contribution in [1.29, 1.82) is 0 Å². The van der Waals surface area contributed by atoms with Crippen molar-refractivity contribution in [3.63, 3.8) is 0 Å². The molecule has 0 unspecified atom stereocenters. The summed E-state index contributed by atoms with van der Waals surface area (Å²) in [5.74, 6) is -3.82. The van der Waals surface area contributed by atoms with E-state index in [4.69, 9.17) is 32.7 Å². The lowest BCUT2D eigenvalue weighted by Crippen LogP contribution is -2.37. The molecule has 1 saturated heterocycles. The van der Waals surface area contributed by atoms with Crippen molar-refractivity contribution < 1.29 is 33.4 Å². The van der Waals surface area contributed by atoms with E-state index in [1.54, 1.807) is 13.0 Å². The number of fused-ring (bicyclic) bond motifs is 5. The lowest BCUT2D eigenvalue weighted by Gasteiger charge is -2.28. The summed E-state index contributed by atoms with van der Waals surface area (Å²) in [6.07, 6.45) is 0.660. The number of nitrogens with zero attached hydrogens (tertiary/aromatic N) is 1. The molecule has 3 amide bonds. The van der Waals surface area contributed by atoms with Crippen LogP contribution in [0.5, 0.6) is 0 Å². The zero-order chi connectivity index (χ0) is 27.1. The number of carbonyl (C=O) groups excluding carboxylic acids is 5. The highest BCUT2D eigenvalue weighted by molar-refractivity contribution is 6.32. The molecule has 3 fully saturated rings. The molecule has 2 aromatic carbocycles. The minimum absolute atomic E-state index is 0.0835. The summed E-state index contributed by atoms with van der Waals surface area (Å²) in [4.78, 5) is 64.1. The maximum absolute atomic E-state index is 13.2. The van der Waals surface area contributed by atoms with Gasteiger partial charge in [-0.25, -0.2) is 9.59 Å². The molecule has 1 aliphatic heterocycles. The third-order valence-electron chi connectivity index (χ3n) is 7.34. The van der Waals surface area contributed by atoms with Crippen LogP contribution in [0.4, 0.5) is 11.4 Å². The van der Waals surface area contributed by atoms with Crippen LogP contribution >= 0.6 is 23.2 Å². The first kappa shape index (κ1) is 26.2. The van der Waals surface area contributed by atoms with Gasteiger partial charge in [0.15, 0.2) is 6.61 Å². The second-order valence-corrected chi connectivity index (χ2v) is 10.5. The van der Waals surface area contributed by atoms with Crippen LogP contribution in [0.1, 0.15) is 34.1 Å². The van der Waals surface area contributed by atoms with Gasteiger partial charge in [-0.1, -0.05) is 6.07 Å². The smallest absolute Gasteiger partial charge is 0.338 e. The number of alkyl halides is 2. The first-order valence-corrected chi connectivity index (χ1v) is 13.1. The molecule has 2 aliphatic carbocycles. The lowest BCUT2D eigenvalue weighted by molar-refractivity contribution is -0.123. The van der Waals surface area contributed by atoms with Crippen molar-refractivity contribution >= 4 is 64.2 Å². The molecule has 3 aliphatic rings. The van der Waals surface area contributed by atoms with Gasteiger partial charge in [0, 0.05) is 5.69 Å². The Bertz CT molecular complexity index is 1280. The lowest BCUT2D eigenvalue weighted by atomic mass is 9.80. The third kappa shape index (κ3) is 4.54. The minimum atomic E-state index is -0.791. The van der Waals surface area contributed by atoms with Crippen molar-refractivity contribution in [2.24, 2.45) is 23.7 Å². The first-order valence-electron chi connectivity index (χ1n) is 12.2. The van der Waals surface area contributed by atoms with E-state index >= 15 is 0 Å². The van der Waals surface area contributed by atoms with E-state index in [1.807, 2.05) is 0 Å². The Kier molecular flexibility index (Phi) is 7.15. The van der Waals surface area contributed by atoms with Gasteiger partial charge in [0.1, 0.15) is 0 Å². The highest BCUT2D eigenvalue weighted by Gasteiger charge is 2.66. The zero-order valence-corrected chi connectivity index (χ0v) is 21.8. The second-order valence-electron chi connectivity index (χ2n) is 9.49. The van der Waals surface area contributed by atoms with Crippen LogP contribution in [-0.2, 0) is 23.9 Å². The number of anilines is 2. The van der Waals surface area contributed by atoms with Gasteiger partial charge in [-0.3, -0.25) is 19.3 Å². The molecule has 0 spiro atoms. The van der Waals surface area contributed by atoms with Crippen molar-refractivity contribution in [3.05, 3.63) is 59.7 Å². The molecular weight excluding hydrogens is 535 g/mol. The van der Waals surface area contributed by atoms with E-state index in [-0.39, 0.29) is 52.3 Å². The average molecular weight is 559 g/mol. The fourth-order valence-electron chi connectivity index (χ4n) is 5.69. The number of nitrogens with one attached hydrogen (secondary N) is 1. The number of hydrogen-bond acceptors (Lipinski definition) is 7. The zero-order valence-electron chi connectivity index (χ0n) is 20.3. The Morgan fingerprint density at radius 2 is 1.50 bits per heavy atom. The molecule has 2 aromatic rings. The molecule has 2 bridgehead atoms. The van der Waals surface area contributed by atoms with Crippen molar-refractivity contribution in [1.82, 2.24) is 0 Å². The molecule has 0 radical (unpaired) electrons. The number of carbonyl (C=O) groups is 5. The predicted molar refractivity (Wildman–Crippen MR) is 138 cm³/mol. The third-order valence-corrected chi connectivity index (χ3v) is 8.66. The number of imide groups is 1. The largest absolute Gasteiger partial charge is 0.462 e. The minimum Gasteiger partial charge on any atom is -0.462 e. The number of halogens is 2. The molecule has 1 N–H and O–H groups in total. The van der Waals surface area contributed by atoms with Crippen LogP contribution in [0.3, 0.4) is 0 Å². The van der Waals surface area contributed by atoms with E-state index in [9.17, 15) is 24.0 Å². The molecule has 5 rings (SSSR count). The van der Waals surface area contributed by atoms with Gasteiger partial charge >= 0.3 is 11.9 Å². The highest BCUT2D eigenvalue weighted by Crippen LogP contribution is 2.59. The maximum atomic E-state index is 13.2. The van der Waals surface area contributed by atoms with Crippen LogP contribution in [0, 0.1) is 23.7 Å². The van der Waals surface area contributed by atoms with Gasteiger partial charge in [0.05, 0.1) is 46.0 Å². The normalized spacial score (nSPS) is 27.3. The molecule has 11 heteroatoms. The number of benzene rings is 2. The second kappa shape index (κ2) is 10.4. The van der Waals surface area contributed by atoms with E-state index in [1.165, 1.54) is 42.5 Å². The molecule has 2 saturated carbocycles. The number of esters is 2. The summed E-state index contributed by atoms with van der Waals surface area (Å²) in [5.41, 5.74) is 1.09. The van der Waals surface area contributed by atoms with Gasteiger partial charge in [0.2, 0.25) is 11.8 Å². The summed E-state index contributed by atoms with van der Waals surface area (Å²) in [7, 11) is 0. The Balaban J connectivity index is 1.20. The van der Waals surface area contributed by atoms with Crippen molar-refractivity contribution in [2.75, 3.05) is 23.4 Å². The number of rotatable bonds is 7. The van der Waals surface area contributed by atoms with E-state index in [0.29, 0.717) is 17.7 Å². The summed E-state index contributed by atoms with van der Waals surface area (Å²) in [6.45, 7) is 1.39. The van der Waals surface area contributed by atoms with Crippen LogP contribution in [0.25, 0.3) is 0 Å². The van der Waals surface area contributed by atoms with E-state index < -0.39 is 36.3 Å². The topological polar surface area (TPSA) is 119 Å². The molecule has 0 aromatic heterocycles. The molecule has 9 nitrogen and oxygen atoms in total. The number of amides is 3.